The first-order valence-electron chi connectivity index (χ1n) is 8.55. The van der Waals surface area contributed by atoms with Crippen LogP contribution < -0.4 is 0 Å². The highest BCUT2D eigenvalue weighted by Gasteiger charge is 2.32. The number of carbonyl (C=O) groups excluding carboxylic acids is 1. The van der Waals surface area contributed by atoms with Crippen molar-refractivity contribution < 1.29 is 14.1 Å². The van der Waals surface area contributed by atoms with Gasteiger partial charge in [0.05, 0.1) is 15.4 Å². The van der Waals surface area contributed by atoms with Gasteiger partial charge in [-0.3, -0.25) is 24.8 Å². The lowest BCUT2D eigenvalue weighted by Gasteiger charge is -2.11. The second-order valence-corrected chi connectivity index (χ2v) is 6.91. The van der Waals surface area contributed by atoms with Crippen LogP contribution in [0.2, 0.25) is 0 Å². The van der Waals surface area contributed by atoms with Crippen molar-refractivity contribution in [1.82, 2.24) is 4.90 Å². The zero-order chi connectivity index (χ0) is 19.6. The second-order valence-electron chi connectivity index (χ2n) is 5.90. The van der Waals surface area contributed by atoms with Gasteiger partial charge >= 0.3 is 0 Å². The quantitative estimate of drug-likeness (QED) is 0.430. The number of benzene rings is 1. The molecule has 8 heteroatoms. The fraction of sp³-hybridized carbons (Fsp3) is 0.263. The number of thioether (sulfide) groups is 1. The van der Waals surface area contributed by atoms with Crippen LogP contribution in [0.1, 0.15) is 25.2 Å². The molecule has 1 aliphatic heterocycles. The van der Waals surface area contributed by atoms with E-state index in [0.29, 0.717) is 40.2 Å². The average molecular weight is 385 g/mol. The molecule has 1 amide bonds. The first kappa shape index (κ1) is 18.9. The van der Waals surface area contributed by atoms with E-state index in [1.54, 1.807) is 42.2 Å². The van der Waals surface area contributed by atoms with E-state index in [9.17, 15) is 14.9 Å². The number of aliphatic imine (C=N–C) groups is 1. The Bertz CT molecular complexity index is 962. The van der Waals surface area contributed by atoms with Crippen molar-refractivity contribution in [1.29, 1.82) is 0 Å². The van der Waals surface area contributed by atoms with Gasteiger partial charge in [0, 0.05) is 25.2 Å². The number of nitro benzene ring substituents is 1. The normalized spacial score (nSPS) is 17.3. The van der Waals surface area contributed by atoms with E-state index < -0.39 is 4.92 Å². The van der Waals surface area contributed by atoms with E-state index in [1.807, 2.05) is 13.8 Å². The third-order valence-electron chi connectivity index (χ3n) is 4.01. The minimum Gasteiger partial charge on any atom is -0.456 e. The lowest BCUT2D eigenvalue weighted by atomic mass is 10.1. The van der Waals surface area contributed by atoms with Crippen molar-refractivity contribution in [3.8, 4) is 11.3 Å². The summed E-state index contributed by atoms with van der Waals surface area (Å²) in [6.45, 7) is 6.75. The summed E-state index contributed by atoms with van der Waals surface area (Å²) in [6, 6.07) is 8.35. The molecule has 3 rings (SSSR count). The molecule has 1 aromatic heterocycles. The van der Waals surface area contributed by atoms with Gasteiger partial charge in [0.15, 0.2) is 5.17 Å². The summed E-state index contributed by atoms with van der Waals surface area (Å²) in [5, 5.41) is 12.0. The number of carbonyl (C=O) groups is 1. The van der Waals surface area contributed by atoms with Gasteiger partial charge in [-0.25, -0.2) is 0 Å². The van der Waals surface area contributed by atoms with E-state index in [2.05, 4.69) is 4.99 Å². The summed E-state index contributed by atoms with van der Waals surface area (Å²) in [6.07, 6.45) is 1.65. The maximum Gasteiger partial charge on any atom is 0.280 e. The molecule has 0 atom stereocenters. The number of hydrogen-bond donors (Lipinski definition) is 0. The SMILES string of the molecule is CCN=C1SC(=Cc2ccc(-c3ccc(C)cc3[N+](=O)[O-])o2)C(=O)N1CC. The lowest BCUT2D eigenvalue weighted by molar-refractivity contribution is -0.384. The van der Waals surface area contributed by atoms with Crippen molar-refractivity contribution >= 4 is 34.6 Å². The molecule has 0 N–H and O–H groups in total. The number of amides is 1. The Kier molecular flexibility index (Phi) is 5.46. The molecule has 0 bridgehead atoms. The zero-order valence-corrected chi connectivity index (χ0v) is 16.1. The van der Waals surface area contributed by atoms with E-state index in [4.69, 9.17) is 4.42 Å². The van der Waals surface area contributed by atoms with Gasteiger partial charge in [-0.2, -0.15) is 0 Å². The second kappa shape index (κ2) is 7.79. The largest absolute Gasteiger partial charge is 0.456 e. The Labute approximate surface area is 160 Å². The van der Waals surface area contributed by atoms with Crippen LogP contribution in [-0.4, -0.2) is 34.0 Å². The minimum absolute atomic E-state index is 0.00982. The number of rotatable bonds is 5. The Hall–Kier alpha value is -2.87. The first-order valence-corrected chi connectivity index (χ1v) is 9.37. The molecule has 1 saturated heterocycles. The summed E-state index contributed by atoms with van der Waals surface area (Å²) in [5.41, 5.74) is 1.20. The summed E-state index contributed by atoms with van der Waals surface area (Å²) < 4.78 is 5.77. The summed E-state index contributed by atoms with van der Waals surface area (Å²) in [4.78, 5) is 29.9. The molecular weight excluding hydrogens is 366 g/mol. The minimum atomic E-state index is -0.425. The van der Waals surface area contributed by atoms with E-state index in [0.717, 1.165) is 5.56 Å². The molecule has 2 aromatic rings. The fourth-order valence-electron chi connectivity index (χ4n) is 2.75. The highest BCUT2D eigenvalue weighted by molar-refractivity contribution is 8.18. The average Bonchev–Trinajstić information content (AvgIpc) is 3.20. The predicted octanol–water partition coefficient (Wildman–Crippen LogP) is 4.48. The lowest BCUT2D eigenvalue weighted by Crippen LogP contribution is -2.28. The molecule has 0 saturated carbocycles. The van der Waals surface area contributed by atoms with E-state index >= 15 is 0 Å². The summed E-state index contributed by atoms with van der Waals surface area (Å²) in [7, 11) is 0. The van der Waals surface area contributed by atoms with Crippen LogP contribution >= 0.6 is 11.8 Å². The van der Waals surface area contributed by atoms with Gasteiger partial charge in [-0.1, -0.05) is 6.07 Å². The van der Waals surface area contributed by atoms with Crippen molar-refractivity contribution in [2.45, 2.75) is 20.8 Å². The third-order valence-corrected chi connectivity index (χ3v) is 5.06. The maximum absolute atomic E-state index is 12.5. The van der Waals surface area contributed by atoms with Gasteiger partial charge in [-0.15, -0.1) is 0 Å². The van der Waals surface area contributed by atoms with Crippen LogP contribution in [0.3, 0.4) is 0 Å². The molecule has 140 valence electrons. The highest BCUT2D eigenvalue weighted by atomic mass is 32.2. The molecule has 27 heavy (non-hydrogen) atoms. The van der Waals surface area contributed by atoms with Gasteiger partial charge in [0.1, 0.15) is 11.5 Å². The number of amidine groups is 1. The number of nitro groups is 1. The van der Waals surface area contributed by atoms with Gasteiger partial charge < -0.3 is 4.42 Å². The highest BCUT2D eigenvalue weighted by Crippen LogP contribution is 2.35. The monoisotopic (exact) mass is 385 g/mol. The van der Waals surface area contributed by atoms with Crippen LogP contribution in [0.15, 0.2) is 44.6 Å². The Balaban J connectivity index is 1.94. The topological polar surface area (TPSA) is 89.0 Å². The van der Waals surface area contributed by atoms with Crippen molar-refractivity contribution in [3.63, 3.8) is 0 Å². The van der Waals surface area contributed by atoms with E-state index in [1.165, 1.54) is 17.8 Å². The van der Waals surface area contributed by atoms with Crippen molar-refractivity contribution in [3.05, 3.63) is 56.7 Å². The van der Waals surface area contributed by atoms with Gasteiger partial charge in [0.25, 0.3) is 11.6 Å². The smallest absolute Gasteiger partial charge is 0.280 e. The number of likely N-dealkylation sites (N-methyl/N-ethyl adjacent to an activating group) is 1. The number of aryl methyl sites for hydroxylation is 1. The van der Waals surface area contributed by atoms with Crippen LogP contribution in [0.4, 0.5) is 5.69 Å². The van der Waals surface area contributed by atoms with Crippen LogP contribution in [-0.2, 0) is 4.79 Å². The van der Waals surface area contributed by atoms with Crippen molar-refractivity contribution in [2.24, 2.45) is 4.99 Å². The Morgan fingerprint density at radius 2 is 2.07 bits per heavy atom. The van der Waals surface area contributed by atoms with Crippen molar-refractivity contribution in [2.75, 3.05) is 13.1 Å². The maximum atomic E-state index is 12.5. The molecule has 7 nitrogen and oxygen atoms in total. The molecule has 2 heterocycles. The molecule has 1 aromatic carbocycles. The van der Waals surface area contributed by atoms with Crippen LogP contribution in [0.5, 0.6) is 0 Å². The fourth-order valence-corrected chi connectivity index (χ4v) is 3.83. The predicted molar refractivity (Wildman–Crippen MR) is 106 cm³/mol. The Morgan fingerprint density at radius 1 is 1.30 bits per heavy atom. The van der Waals surface area contributed by atoms with E-state index in [-0.39, 0.29) is 11.6 Å². The molecular formula is C19H19N3O4S. The standard InChI is InChI=1S/C19H19N3O4S/c1-4-20-19-21(5-2)18(23)17(27-19)11-13-7-9-16(26-13)14-8-6-12(3)10-15(14)22(24)25/h6-11H,4-5H2,1-3H3. The molecule has 0 aliphatic carbocycles. The van der Waals surface area contributed by atoms with Gasteiger partial charge in [0.2, 0.25) is 0 Å². The molecule has 0 unspecified atom stereocenters. The third kappa shape index (κ3) is 3.80. The Morgan fingerprint density at radius 3 is 2.74 bits per heavy atom. The van der Waals surface area contributed by atoms with Crippen LogP contribution in [0, 0.1) is 17.0 Å². The molecule has 0 spiro atoms. The number of hydrogen-bond acceptors (Lipinski definition) is 6. The van der Waals surface area contributed by atoms with Crippen LogP contribution in [0.25, 0.3) is 17.4 Å². The summed E-state index contributed by atoms with van der Waals surface area (Å²) >= 11 is 1.31. The molecule has 1 aliphatic rings. The number of nitrogens with zero attached hydrogens (tertiary/aromatic N) is 3. The zero-order valence-electron chi connectivity index (χ0n) is 15.3. The molecule has 1 fully saturated rings. The summed E-state index contributed by atoms with van der Waals surface area (Å²) in [5.74, 6) is 0.734. The number of furan rings is 1. The molecule has 0 radical (unpaired) electrons. The first-order chi connectivity index (χ1) is 12.9. The van der Waals surface area contributed by atoms with Gasteiger partial charge in [-0.05, 0) is 56.3 Å².